The zero-order valence-electron chi connectivity index (χ0n) is 56.8. The molecule has 0 saturated heterocycles. The van der Waals surface area contributed by atoms with Crippen molar-refractivity contribution >= 4 is 17.9 Å². The van der Waals surface area contributed by atoms with Crippen LogP contribution in [0.3, 0.4) is 0 Å². The van der Waals surface area contributed by atoms with Crippen LogP contribution in [0, 0.1) is 0 Å². The third-order valence-electron chi connectivity index (χ3n) is 16.3. The number of carboxylic acid groups (broad SMARTS) is 1. The summed E-state index contributed by atoms with van der Waals surface area (Å²) in [6, 6.07) is 0. The average molecular weight is 1200 g/mol. The van der Waals surface area contributed by atoms with Gasteiger partial charge in [-0.25, -0.2) is 4.79 Å². The number of nitrogens with zero attached hydrogens (tertiary/aromatic N) is 1. The Hall–Kier alpha value is -3.01. The molecular weight excluding hydrogens is 1050 g/mol. The summed E-state index contributed by atoms with van der Waals surface area (Å²) in [5, 5.41) is 9.75. The van der Waals surface area contributed by atoms with E-state index in [1.165, 1.54) is 250 Å². The Morgan fingerprint density at radius 1 is 0.365 bits per heavy atom. The van der Waals surface area contributed by atoms with E-state index in [1.807, 2.05) is 21.1 Å². The van der Waals surface area contributed by atoms with E-state index in [9.17, 15) is 19.5 Å². The molecule has 496 valence electrons. The molecule has 0 aliphatic carbocycles. The Kier molecular flexibility index (Phi) is 64.6. The molecule has 0 amide bonds. The molecule has 2 unspecified atom stereocenters. The molecule has 2 atom stereocenters. The fraction of sp³-hybridized carbons (Fsp3) is 0.829. The van der Waals surface area contributed by atoms with Gasteiger partial charge in [0.25, 0.3) is 6.29 Å². The van der Waals surface area contributed by atoms with Crippen LogP contribution in [0.5, 0.6) is 0 Å². The summed E-state index contributed by atoms with van der Waals surface area (Å²) in [6.45, 7) is 4.83. The van der Waals surface area contributed by atoms with Crippen LogP contribution in [0.25, 0.3) is 0 Å². The molecule has 85 heavy (non-hydrogen) atoms. The number of hydrogen-bond donors (Lipinski definition) is 1. The molecule has 0 radical (unpaired) electrons. The molecule has 0 saturated carbocycles. The molecule has 0 rings (SSSR count). The molecule has 1 N–H and O–H groups in total. The number of allylic oxidation sites excluding steroid dienone is 10. The van der Waals surface area contributed by atoms with E-state index in [4.69, 9.17) is 18.9 Å². The van der Waals surface area contributed by atoms with Crippen molar-refractivity contribution in [1.82, 2.24) is 0 Å². The second kappa shape index (κ2) is 66.9. The molecular formula is C76H140NO8+. The quantitative estimate of drug-likeness (QED) is 0.0211. The van der Waals surface area contributed by atoms with Gasteiger partial charge in [-0.2, -0.15) is 0 Å². The van der Waals surface area contributed by atoms with Crippen LogP contribution >= 0.6 is 0 Å². The molecule has 0 aromatic rings. The van der Waals surface area contributed by atoms with Crippen LogP contribution < -0.4 is 0 Å². The minimum atomic E-state index is -1.51. The summed E-state index contributed by atoms with van der Waals surface area (Å²) >= 11 is 0. The van der Waals surface area contributed by atoms with Gasteiger partial charge in [0.05, 0.1) is 34.4 Å². The number of rotatable bonds is 68. The van der Waals surface area contributed by atoms with Crippen LogP contribution in [-0.4, -0.2) is 87.4 Å². The second-order valence-electron chi connectivity index (χ2n) is 25.9. The lowest BCUT2D eigenvalue weighted by molar-refractivity contribution is -0.870. The Labute approximate surface area is 526 Å². The first-order valence-corrected chi connectivity index (χ1v) is 36.5. The Bertz CT molecular complexity index is 1580. The normalized spacial score (nSPS) is 13.0. The molecule has 9 nitrogen and oxygen atoms in total. The number of aliphatic carboxylic acids is 1. The highest BCUT2D eigenvalue weighted by Gasteiger charge is 2.25. The number of carbonyl (C=O) groups excluding carboxylic acids is 2. The molecule has 9 heteroatoms. The first-order chi connectivity index (χ1) is 41.6. The minimum Gasteiger partial charge on any atom is -0.477 e. The molecule has 0 aromatic heterocycles. The van der Waals surface area contributed by atoms with E-state index >= 15 is 0 Å². The first-order valence-electron chi connectivity index (χ1n) is 36.5. The molecule has 0 aliphatic heterocycles. The fourth-order valence-corrected chi connectivity index (χ4v) is 10.8. The average Bonchev–Trinajstić information content (AvgIpc) is 3.48. The van der Waals surface area contributed by atoms with Gasteiger partial charge in [-0.15, -0.1) is 0 Å². The van der Waals surface area contributed by atoms with Crippen molar-refractivity contribution in [3.63, 3.8) is 0 Å². The summed E-state index contributed by atoms with van der Waals surface area (Å²) < 4.78 is 23.0. The van der Waals surface area contributed by atoms with Crippen LogP contribution in [0.1, 0.15) is 348 Å². The number of ether oxygens (including phenoxy) is 4. The number of carbonyl (C=O) groups is 3. The monoisotopic (exact) mass is 1200 g/mol. The second-order valence-corrected chi connectivity index (χ2v) is 25.9. The van der Waals surface area contributed by atoms with E-state index < -0.39 is 18.4 Å². The standard InChI is InChI=1S/C76H139NO8/c1-6-8-10-12-14-16-18-20-22-24-26-28-30-31-32-33-34-35-36-37-38-39-40-41-42-43-45-47-49-51-53-55-57-59-61-63-65-67-74(79)85-72(71-84-76(75(80)81)82-69-68-77(3,4)5)70-83-73(78)66-64-62-60-58-56-54-52-50-48-46-44-29-27-25-23-21-19-17-15-13-11-9-7-2/h8,10,14,16,20,22,26,28,31-32,72,76H,6-7,9,11-13,15,17-19,21,23-25,27,29-30,33-71H2,1-5H3/p+1/b10-8-,16-14-,22-20-,28-26-,32-31-. The zero-order valence-corrected chi connectivity index (χ0v) is 56.8. The van der Waals surface area contributed by atoms with Crippen molar-refractivity contribution in [2.24, 2.45) is 0 Å². The number of likely N-dealkylation sites (N-methyl/N-ethyl adjacent to an activating group) is 1. The first kappa shape index (κ1) is 82.0. The third kappa shape index (κ3) is 68.3. The summed E-state index contributed by atoms with van der Waals surface area (Å²) in [5.74, 6) is -1.98. The SMILES string of the molecule is CC/C=C\C/C=C\C/C=C\C/C=C\C/C=C\CCCCCCCCCCCCCCCCCCCCCCCC(=O)OC(COC(=O)CCCCCCCCCCCCCCCCCCCCCCCCC)COC(OCC[N+](C)(C)C)C(=O)O. The van der Waals surface area contributed by atoms with Gasteiger partial charge < -0.3 is 28.5 Å². The number of unbranched alkanes of at least 4 members (excludes halogenated alkanes) is 43. The maximum Gasteiger partial charge on any atom is 0.361 e. The van der Waals surface area contributed by atoms with Crippen molar-refractivity contribution in [3.05, 3.63) is 60.8 Å². The van der Waals surface area contributed by atoms with Crippen LogP contribution in [0.4, 0.5) is 0 Å². The Morgan fingerprint density at radius 2 is 0.671 bits per heavy atom. The van der Waals surface area contributed by atoms with E-state index in [-0.39, 0.29) is 38.2 Å². The molecule has 0 bridgehead atoms. The molecule has 0 heterocycles. The summed E-state index contributed by atoms with van der Waals surface area (Å²) in [7, 11) is 5.99. The number of quaternary nitrogens is 1. The van der Waals surface area contributed by atoms with Crippen molar-refractivity contribution in [1.29, 1.82) is 0 Å². The smallest absolute Gasteiger partial charge is 0.361 e. The molecule has 0 fully saturated rings. The fourth-order valence-electron chi connectivity index (χ4n) is 10.8. The van der Waals surface area contributed by atoms with Crippen LogP contribution in [0.15, 0.2) is 60.8 Å². The third-order valence-corrected chi connectivity index (χ3v) is 16.3. The van der Waals surface area contributed by atoms with Gasteiger partial charge in [0.15, 0.2) is 6.10 Å². The molecule has 0 spiro atoms. The van der Waals surface area contributed by atoms with E-state index in [2.05, 4.69) is 74.6 Å². The van der Waals surface area contributed by atoms with E-state index in [1.54, 1.807) is 0 Å². The Morgan fingerprint density at radius 3 is 1.00 bits per heavy atom. The van der Waals surface area contributed by atoms with Gasteiger partial charge in [0.1, 0.15) is 13.2 Å². The van der Waals surface area contributed by atoms with Gasteiger partial charge in [0, 0.05) is 12.8 Å². The lowest BCUT2D eigenvalue weighted by atomic mass is 10.0. The number of hydrogen-bond acceptors (Lipinski definition) is 7. The predicted octanol–water partition coefficient (Wildman–Crippen LogP) is 22.7. The van der Waals surface area contributed by atoms with Crippen LogP contribution in [0.2, 0.25) is 0 Å². The van der Waals surface area contributed by atoms with Crippen molar-refractivity contribution < 1.29 is 42.9 Å². The maximum atomic E-state index is 13.0. The lowest BCUT2D eigenvalue weighted by Crippen LogP contribution is -2.40. The van der Waals surface area contributed by atoms with E-state index in [0.717, 1.165) is 70.6 Å². The van der Waals surface area contributed by atoms with Crippen molar-refractivity contribution in [3.8, 4) is 0 Å². The van der Waals surface area contributed by atoms with E-state index in [0.29, 0.717) is 17.4 Å². The molecule has 0 aromatic carbocycles. The molecule has 0 aliphatic rings. The van der Waals surface area contributed by atoms with Gasteiger partial charge in [0.2, 0.25) is 0 Å². The summed E-state index contributed by atoms with van der Waals surface area (Å²) in [6.07, 6.45) is 84.9. The highest BCUT2D eigenvalue weighted by molar-refractivity contribution is 5.71. The van der Waals surface area contributed by atoms with Crippen molar-refractivity contribution in [2.45, 2.75) is 360 Å². The van der Waals surface area contributed by atoms with Crippen molar-refractivity contribution in [2.75, 3.05) is 47.5 Å². The summed E-state index contributed by atoms with van der Waals surface area (Å²) in [4.78, 5) is 37.6. The van der Waals surface area contributed by atoms with Gasteiger partial charge in [-0.1, -0.05) is 338 Å². The Balaban J connectivity index is 4.01. The summed E-state index contributed by atoms with van der Waals surface area (Å²) in [5.41, 5.74) is 0. The minimum absolute atomic E-state index is 0.176. The lowest BCUT2D eigenvalue weighted by Gasteiger charge is -2.25. The zero-order chi connectivity index (χ0) is 61.9. The predicted molar refractivity (Wildman–Crippen MR) is 364 cm³/mol. The number of carboxylic acids is 1. The highest BCUT2D eigenvalue weighted by Crippen LogP contribution is 2.19. The number of esters is 2. The maximum absolute atomic E-state index is 13.0. The van der Waals surface area contributed by atoms with Crippen LogP contribution in [-0.2, 0) is 33.3 Å². The van der Waals surface area contributed by atoms with Gasteiger partial charge in [-0.05, 0) is 57.8 Å². The topological polar surface area (TPSA) is 108 Å². The van der Waals surface area contributed by atoms with Gasteiger partial charge >= 0.3 is 17.9 Å². The largest absolute Gasteiger partial charge is 0.477 e. The highest BCUT2D eigenvalue weighted by atomic mass is 16.7. The van der Waals surface area contributed by atoms with Gasteiger partial charge in [-0.3, -0.25) is 9.59 Å².